The summed E-state index contributed by atoms with van der Waals surface area (Å²) in [4.78, 5) is 18.2. The lowest BCUT2D eigenvalue weighted by molar-refractivity contribution is -0.136. The lowest BCUT2D eigenvalue weighted by Crippen LogP contribution is -2.14. The summed E-state index contributed by atoms with van der Waals surface area (Å²) in [6.45, 7) is 1.76. The zero-order valence-corrected chi connectivity index (χ0v) is 20.5. The Bertz CT molecular complexity index is 1540. The minimum Gasteiger partial charge on any atom is -0.481 e. The van der Waals surface area contributed by atoms with E-state index in [-0.39, 0.29) is 38.5 Å². The van der Waals surface area contributed by atoms with Crippen LogP contribution in [0.4, 0.5) is 5.69 Å². The fourth-order valence-electron chi connectivity index (χ4n) is 3.25. The highest BCUT2D eigenvalue weighted by Crippen LogP contribution is 2.38. The number of hydrogen-bond donors (Lipinski definition) is 3. The van der Waals surface area contributed by atoms with Gasteiger partial charge in [-0.05, 0) is 48.9 Å². The maximum Gasteiger partial charge on any atom is 0.307 e. The van der Waals surface area contributed by atoms with Gasteiger partial charge in [0.2, 0.25) is 0 Å². The Balaban J connectivity index is 1.76. The predicted molar refractivity (Wildman–Crippen MR) is 131 cm³/mol. The second-order valence-electron chi connectivity index (χ2n) is 7.31. The molecule has 0 radical (unpaired) electrons. The topological polar surface area (TPSA) is 121 Å². The molecule has 0 atom stereocenters. The van der Waals surface area contributed by atoms with E-state index in [2.05, 4.69) is 14.7 Å². The Morgan fingerprint density at radius 3 is 2.50 bits per heavy atom. The van der Waals surface area contributed by atoms with Gasteiger partial charge >= 0.3 is 5.97 Å². The number of carboxylic acid groups (broad SMARTS) is 1. The molecule has 3 aromatic carbocycles. The Morgan fingerprint density at radius 2 is 1.82 bits per heavy atom. The van der Waals surface area contributed by atoms with Crippen molar-refractivity contribution in [3.63, 3.8) is 0 Å². The van der Waals surface area contributed by atoms with Crippen molar-refractivity contribution >= 4 is 67.5 Å². The van der Waals surface area contributed by atoms with Crippen LogP contribution in [-0.4, -0.2) is 29.5 Å². The first kappa shape index (κ1) is 24.2. The predicted octanol–water partition coefficient (Wildman–Crippen LogP) is 6.05. The number of aliphatic carboxylic acids is 1. The van der Waals surface area contributed by atoms with E-state index in [1.165, 1.54) is 30.3 Å². The van der Waals surface area contributed by atoms with Crippen molar-refractivity contribution < 1.29 is 23.1 Å². The summed E-state index contributed by atoms with van der Waals surface area (Å²) in [7, 11) is -4.12. The molecule has 0 fully saturated rings. The second kappa shape index (κ2) is 9.34. The zero-order valence-electron chi connectivity index (χ0n) is 17.4. The lowest BCUT2D eigenvalue weighted by atomic mass is 10.1. The number of rotatable bonds is 7. The SMILES string of the molecule is Cc1nc2cc(Oc3ccc(CC(=O)O)cc3Cl)c(NS(=O)(=O)c3ccc(Cl)cc3Cl)cc2[nH]1. The summed E-state index contributed by atoms with van der Waals surface area (Å²) in [5, 5.41) is 9.38. The molecule has 4 rings (SSSR count). The van der Waals surface area contributed by atoms with Crippen molar-refractivity contribution in [2.45, 2.75) is 18.2 Å². The molecule has 0 unspecified atom stereocenters. The average molecular weight is 541 g/mol. The van der Waals surface area contributed by atoms with Crippen molar-refractivity contribution in [1.29, 1.82) is 0 Å². The van der Waals surface area contributed by atoms with Gasteiger partial charge in [0.25, 0.3) is 10.0 Å². The minimum atomic E-state index is -4.12. The van der Waals surface area contributed by atoms with Crippen LogP contribution in [0.25, 0.3) is 11.0 Å². The highest BCUT2D eigenvalue weighted by molar-refractivity contribution is 7.92. The number of H-pyrrole nitrogens is 1. The van der Waals surface area contributed by atoms with Gasteiger partial charge in [-0.1, -0.05) is 40.9 Å². The number of benzene rings is 3. The number of nitrogens with zero attached hydrogens (tertiary/aromatic N) is 1. The van der Waals surface area contributed by atoms with E-state index < -0.39 is 16.0 Å². The number of aromatic nitrogens is 2. The normalized spacial score (nSPS) is 11.5. The number of anilines is 1. The van der Waals surface area contributed by atoms with Crippen LogP contribution >= 0.6 is 34.8 Å². The third-order valence-corrected chi connectivity index (χ3v) is 7.08. The highest BCUT2D eigenvalue weighted by Gasteiger charge is 2.22. The molecule has 0 aliphatic heterocycles. The summed E-state index contributed by atoms with van der Waals surface area (Å²) in [5.74, 6) is -0.0488. The van der Waals surface area contributed by atoms with Crippen LogP contribution in [-0.2, 0) is 21.2 Å². The van der Waals surface area contributed by atoms with E-state index in [4.69, 9.17) is 44.6 Å². The monoisotopic (exact) mass is 539 g/mol. The molecule has 1 heterocycles. The molecule has 34 heavy (non-hydrogen) atoms. The van der Waals surface area contributed by atoms with Crippen molar-refractivity contribution in [3.8, 4) is 11.5 Å². The summed E-state index contributed by atoms with van der Waals surface area (Å²) in [6.07, 6.45) is -0.203. The number of sulfonamides is 1. The van der Waals surface area contributed by atoms with Gasteiger partial charge in [-0.25, -0.2) is 13.4 Å². The van der Waals surface area contributed by atoms with Gasteiger partial charge in [-0.3, -0.25) is 9.52 Å². The number of halogens is 3. The number of aromatic amines is 1. The third-order valence-electron chi connectivity index (χ3n) is 4.70. The minimum absolute atomic E-state index is 0.0435. The van der Waals surface area contributed by atoms with Gasteiger partial charge in [0.15, 0.2) is 5.75 Å². The van der Waals surface area contributed by atoms with Gasteiger partial charge in [0, 0.05) is 11.1 Å². The molecule has 0 aliphatic rings. The number of nitrogens with one attached hydrogen (secondary N) is 2. The van der Waals surface area contributed by atoms with Gasteiger partial charge in [0.05, 0.1) is 33.2 Å². The quantitative estimate of drug-likeness (QED) is 0.262. The number of hydrogen-bond acceptors (Lipinski definition) is 5. The van der Waals surface area contributed by atoms with Crippen molar-refractivity contribution in [2.24, 2.45) is 0 Å². The van der Waals surface area contributed by atoms with Crippen molar-refractivity contribution in [2.75, 3.05) is 4.72 Å². The number of fused-ring (bicyclic) bond motifs is 1. The fourth-order valence-corrected chi connectivity index (χ4v) is 5.33. The van der Waals surface area contributed by atoms with E-state index in [1.807, 2.05) is 0 Å². The second-order valence-corrected chi connectivity index (χ2v) is 10.2. The first-order valence-corrected chi connectivity index (χ1v) is 12.3. The molecular formula is C22H16Cl3N3O5S. The molecule has 12 heteroatoms. The summed E-state index contributed by atoms with van der Waals surface area (Å²) in [6, 6.07) is 11.7. The highest BCUT2D eigenvalue weighted by atomic mass is 35.5. The van der Waals surface area contributed by atoms with Gasteiger partial charge in [0.1, 0.15) is 16.5 Å². The zero-order chi connectivity index (χ0) is 24.6. The van der Waals surface area contributed by atoms with Crippen LogP contribution < -0.4 is 9.46 Å². The van der Waals surface area contributed by atoms with Crippen molar-refractivity contribution in [1.82, 2.24) is 9.97 Å². The molecular weight excluding hydrogens is 525 g/mol. The molecule has 8 nitrogen and oxygen atoms in total. The summed E-state index contributed by atoms with van der Waals surface area (Å²) < 4.78 is 34.6. The number of aryl methyl sites for hydroxylation is 1. The van der Waals surface area contributed by atoms with E-state index in [0.717, 1.165) is 0 Å². The van der Waals surface area contributed by atoms with E-state index in [1.54, 1.807) is 25.1 Å². The lowest BCUT2D eigenvalue weighted by Gasteiger charge is -2.15. The van der Waals surface area contributed by atoms with Crippen LogP contribution in [0.1, 0.15) is 11.4 Å². The largest absolute Gasteiger partial charge is 0.481 e. The van der Waals surface area contributed by atoms with E-state index in [9.17, 15) is 13.2 Å². The van der Waals surface area contributed by atoms with Crippen molar-refractivity contribution in [3.05, 3.63) is 75.0 Å². The maximum absolute atomic E-state index is 13.1. The van der Waals surface area contributed by atoms with Crippen LogP contribution in [0.5, 0.6) is 11.5 Å². The Kier molecular flexibility index (Phi) is 6.64. The van der Waals surface area contributed by atoms with Crippen LogP contribution in [0.3, 0.4) is 0 Å². The number of carbonyl (C=O) groups is 1. The molecule has 4 aromatic rings. The molecule has 1 aromatic heterocycles. The Morgan fingerprint density at radius 1 is 1.06 bits per heavy atom. The Hall–Kier alpha value is -2.98. The smallest absolute Gasteiger partial charge is 0.307 e. The van der Waals surface area contributed by atoms with Gasteiger partial charge in [-0.15, -0.1) is 0 Å². The average Bonchev–Trinajstić information content (AvgIpc) is 3.07. The summed E-state index contributed by atoms with van der Waals surface area (Å²) >= 11 is 18.3. The molecule has 176 valence electrons. The molecule has 0 spiro atoms. The molecule has 0 saturated heterocycles. The molecule has 0 bridgehead atoms. The van der Waals surface area contributed by atoms with Gasteiger partial charge < -0.3 is 14.8 Å². The number of ether oxygens (including phenoxy) is 1. The number of carboxylic acids is 1. The molecule has 0 aliphatic carbocycles. The molecule has 3 N–H and O–H groups in total. The van der Waals surface area contributed by atoms with Crippen LogP contribution in [0.15, 0.2) is 53.4 Å². The summed E-state index contributed by atoms with van der Waals surface area (Å²) in [5.41, 5.74) is 1.71. The van der Waals surface area contributed by atoms with E-state index in [0.29, 0.717) is 27.4 Å². The number of imidazole rings is 1. The van der Waals surface area contributed by atoms with Gasteiger partial charge in [-0.2, -0.15) is 0 Å². The first-order chi connectivity index (χ1) is 16.0. The molecule has 0 amide bonds. The fraction of sp³-hybridized carbons (Fsp3) is 0.0909. The van der Waals surface area contributed by atoms with Crippen LogP contribution in [0.2, 0.25) is 15.1 Å². The third kappa shape index (κ3) is 5.23. The Labute approximate surface area is 209 Å². The van der Waals surface area contributed by atoms with Crippen LogP contribution in [0, 0.1) is 6.92 Å². The maximum atomic E-state index is 13.1. The standard InChI is InChI=1S/C22H16Cl3N3O5S/c1-11-26-16-9-18(28-34(31,32)21-5-3-13(23)8-15(21)25)20(10-17(16)27-11)33-19-4-2-12(6-14(19)24)7-22(29)30/h2-6,8-10,28H,7H2,1H3,(H,26,27)(H,29,30). The molecule has 0 saturated carbocycles. The first-order valence-electron chi connectivity index (χ1n) is 9.68. The van der Waals surface area contributed by atoms with E-state index >= 15 is 0 Å².